The molecular formula is C18H26N6O. The largest absolute Gasteiger partial charge is 0.384 e. The summed E-state index contributed by atoms with van der Waals surface area (Å²) < 4.78 is 7.83. The van der Waals surface area contributed by atoms with Crippen molar-refractivity contribution in [1.82, 2.24) is 19.7 Å². The number of hydrogen-bond acceptors (Lipinski definition) is 6. The highest BCUT2D eigenvalue weighted by Gasteiger charge is 2.38. The number of hydrogen-bond donors (Lipinski definition) is 2. The highest BCUT2D eigenvalue weighted by Crippen LogP contribution is 2.39. The predicted molar refractivity (Wildman–Crippen MR) is 96.7 cm³/mol. The normalized spacial score (nSPS) is 22.8. The second kappa shape index (κ2) is 6.63. The van der Waals surface area contributed by atoms with Crippen LogP contribution >= 0.6 is 0 Å². The molecule has 7 nitrogen and oxygen atoms in total. The number of nitrogens with two attached hydrogens (primary N) is 1. The summed E-state index contributed by atoms with van der Waals surface area (Å²) in [6.45, 7) is 2.74. The van der Waals surface area contributed by atoms with Crippen LogP contribution in [0.3, 0.4) is 0 Å². The van der Waals surface area contributed by atoms with E-state index < -0.39 is 0 Å². The zero-order valence-electron chi connectivity index (χ0n) is 14.7. The number of nitrogen functional groups attached to an aromatic ring is 1. The molecule has 2 aliphatic rings. The van der Waals surface area contributed by atoms with E-state index in [0.29, 0.717) is 17.7 Å². The lowest BCUT2D eigenvalue weighted by molar-refractivity contribution is -0.103. The third kappa shape index (κ3) is 3.46. The van der Waals surface area contributed by atoms with Gasteiger partial charge in [0.05, 0.1) is 11.3 Å². The summed E-state index contributed by atoms with van der Waals surface area (Å²) in [5.41, 5.74) is 6.95. The molecule has 7 heteroatoms. The van der Waals surface area contributed by atoms with Crippen LogP contribution < -0.4 is 11.1 Å². The molecule has 1 aliphatic heterocycles. The second-order valence-corrected chi connectivity index (χ2v) is 7.31. The Hall–Kier alpha value is -2.15. The minimum Gasteiger partial charge on any atom is -0.384 e. The first kappa shape index (κ1) is 16.3. The number of nitrogens with one attached hydrogen (secondary N) is 1. The molecule has 25 heavy (non-hydrogen) atoms. The van der Waals surface area contributed by atoms with Crippen molar-refractivity contribution < 1.29 is 4.74 Å². The van der Waals surface area contributed by atoms with Crippen molar-refractivity contribution in [2.75, 3.05) is 17.7 Å². The molecular weight excluding hydrogens is 316 g/mol. The Morgan fingerprint density at radius 2 is 2.08 bits per heavy atom. The Bertz CT molecular complexity index is 731. The standard InChI is InChI=1S/C18H26N6O/c1-13-9-15(19)24(23-13)17-10-16(20-12-21-17)22-14-5-8-25-18(11-14)6-3-2-4-7-18/h9-10,12,14H,2-8,11,19H2,1H3,(H,20,21,22)/t14-/m1/s1. The van der Waals surface area contributed by atoms with E-state index in [9.17, 15) is 0 Å². The summed E-state index contributed by atoms with van der Waals surface area (Å²) in [5, 5.41) is 7.97. The van der Waals surface area contributed by atoms with Gasteiger partial charge in [0.25, 0.3) is 0 Å². The van der Waals surface area contributed by atoms with Crippen molar-refractivity contribution in [3.8, 4) is 5.82 Å². The van der Waals surface area contributed by atoms with Crippen LogP contribution in [0.1, 0.15) is 50.6 Å². The fourth-order valence-corrected chi connectivity index (χ4v) is 4.15. The summed E-state index contributed by atoms with van der Waals surface area (Å²) in [6, 6.07) is 4.12. The van der Waals surface area contributed by atoms with Crippen molar-refractivity contribution in [2.24, 2.45) is 0 Å². The molecule has 3 heterocycles. The third-order valence-corrected chi connectivity index (χ3v) is 5.34. The lowest BCUT2D eigenvalue weighted by Crippen LogP contribution is -2.45. The van der Waals surface area contributed by atoms with Crippen LogP contribution in [-0.2, 0) is 4.74 Å². The summed E-state index contributed by atoms with van der Waals surface area (Å²) >= 11 is 0. The number of rotatable bonds is 3. The fraction of sp³-hybridized carbons (Fsp3) is 0.611. The Morgan fingerprint density at radius 3 is 2.84 bits per heavy atom. The molecule has 2 aromatic rings. The minimum atomic E-state index is 0.0769. The van der Waals surface area contributed by atoms with Gasteiger partial charge in [-0.25, -0.2) is 9.97 Å². The van der Waals surface area contributed by atoms with Gasteiger partial charge in [-0.2, -0.15) is 9.78 Å². The maximum absolute atomic E-state index is 6.18. The van der Waals surface area contributed by atoms with Gasteiger partial charge in [0.2, 0.25) is 0 Å². The van der Waals surface area contributed by atoms with Crippen molar-refractivity contribution in [3.63, 3.8) is 0 Å². The number of anilines is 2. The smallest absolute Gasteiger partial charge is 0.161 e. The lowest BCUT2D eigenvalue weighted by atomic mass is 9.78. The van der Waals surface area contributed by atoms with Crippen LogP contribution in [0.15, 0.2) is 18.5 Å². The lowest BCUT2D eigenvalue weighted by Gasteiger charge is -2.43. The quantitative estimate of drug-likeness (QED) is 0.891. The van der Waals surface area contributed by atoms with Gasteiger partial charge in [-0.15, -0.1) is 0 Å². The van der Waals surface area contributed by atoms with E-state index in [0.717, 1.165) is 31.0 Å². The predicted octanol–water partition coefficient (Wildman–Crippen LogP) is 2.85. The number of aromatic nitrogens is 4. The molecule has 4 rings (SSSR count). The topological polar surface area (TPSA) is 90.9 Å². The van der Waals surface area contributed by atoms with Gasteiger partial charge < -0.3 is 15.8 Å². The molecule has 3 N–H and O–H groups in total. The SMILES string of the molecule is Cc1cc(N)n(-c2cc(N[C@@H]3CCOC4(CCCCC4)C3)ncn2)n1. The Labute approximate surface area is 148 Å². The maximum atomic E-state index is 6.18. The Kier molecular flexibility index (Phi) is 4.33. The van der Waals surface area contributed by atoms with E-state index in [1.165, 1.54) is 32.1 Å². The van der Waals surface area contributed by atoms with Gasteiger partial charge >= 0.3 is 0 Å². The number of ether oxygens (including phenoxy) is 1. The molecule has 1 aliphatic carbocycles. The average molecular weight is 342 g/mol. The highest BCUT2D eigenvalue weighted by atomic mass is 16.5. The van der Waals surface area contributed by atoms with Crippen molar-refractivity contribution >= 4 is 11.6 Å². The Balaban J connectivity index is 1.49. The van der Waals surface area contributed by atoms with Crippen molar-refractivity contribution in [3.05, 3.63) is 24.2 Å². The molecule has 0 unspecified atom stereocenters. The molecule has 2 fully saturated rings. The van der Waals surface area contributed by atoms with Crippen LogP contribution in [0.5, 0.6) is 0 Å². The van der Waals surface area contributed by atoms with Crippen LogP contribution in [0.25, 0.3) is 5.82 Å². The molecule has 0 aromatic carbocycles. The first-order valence-corrected chi connectivity index (χ1v) is 9.19. The van der Waals surface area contributed by atoms with Gasteiger partial charge in [0, 0.05) is 24.8 Å². The van der Waals surface area contributed by atoms with Gasteiger partial charge in [-0.3, -0.25) is 0 Å². The van der Waals surface area contributed by atoms with Gasteiger partial charge in [-0.05, 0) is 32.6 Å². The summed E-state index contributed by atoms with van der Waals surface area (Å²) in [6.07, 6.45) is 9.88. The minimum absolute atomic E-state index is 0.0769. The highest BCUT2D eigenvalue weighted by molar-refractivity contribution is 5.45. The van der Waals surface area contributed by atoms with Crippen LogP contribution in [0, 0.1) is 6.92 Å². The molecule has 1 atom stereocenters. The maximum Gasteiger partial charge on any atom is 0.161 e. The molecule has 1 saturated carbocycles. The van der Waals surface area contributed by atoms with Gasteiger partial charge in [0.1, 0.15) is 18.0 Å². The zero-order valence-corrected chi connectivity index (χ0v) is 14.7. The van der Waals surface area contributed by atoms with Crippen LogP contribution in [-0.4, -0.2) is 38.0 Å². The average Bonchev–Trinajstić information content (AvgIpc) is 2.94. The molecule has 1 spiro atoms. The number of aryl methyl sites for hydroxylation is 1. The van der Waals surface area contributed by atoms with Gasteiger partial charge in [-0.1, -0.05) is 19.3 Å². The first-order valence-electron chi connectivity index (χ1n) is 9.19. The Morgan fingerprint density at radius 1 is 1.24 bits per heavy atom. The van der Waals surface area contributed by atoms with E-state index in [-0.39, 0.29) is 5.60 Å². The summed E-state index contributed by atoms with van der Waals surface area (Å²) in [4.78, 5) is 8.69. The zero-order chi connectivity index (χ0) is 17.3. The monoisotopic (exact) mass is 342 g/mol. The van der Waals surface area contributed by atoms with Crippen molar-refractivity contribution in [1.29, 1.82) is 0 Å². The second-order valence-electron chi connectivity index (χ2n) is 7.31. The molecule has 1 saturated heterocycles. The molecule has 0 amide bonds. The molecule has 0 radical (unpaired) electrons. The third-order valence-electron chi connectivity index (χ3n) is 5.34. The van der Waals surface area contributed by atoms with Crippen LogP contribution in [0.4, 0.5) is 11.6 Å². The molecule has 134 valence electrons. The summed E-state index contributed by atoms with van der Waals surface area (Å²) in [7, 11) is 0. The van der Waals surface area contributed by atoms with E-state index in [1.807, 2.05) is 19.1 Å². The van der Waals surface area contributed by atoms with E-state index >= 15 is 0 Å². The van der Waals surface area contributed by atoms with E-state index in [4.69, 9.17) is 10.5 Å². The van der Waals surface area contributed by atoms with E-state index in [1.54, 1.807) is 11.0 Å². The molecule has 2 aromatic heterocycles. The summed E-state index contributed by atoms with van der Waals surface area (Å²) in [5.74, 6) is 2.08. The number of nitrogens with zero attached hydrogens (tertiary/aromatic N) is 4. The van der Waals surface area contributed by atoms with E-state index in [2.05, 4.69) is 20.4 Å². The van der Waals surface area contributed by atoms with Crippen molar-refractivity contribution in [2.45, 2.75) is 63.5 Å². The first-order chi connectivity index (χ1) is 12.1. The molecule has 0 bridgehead atoms. The van der Waals surface area contributed by atoms with Gasteiger partial charge in [0.15, 0.2) is 5.82 Å². The van der Waals surface area contributed by atoms with Crippen LogP contribution in [0.2, 0.25) is 0 Å². The fourth-order valence-electron chi connectivity index (χ4n) is 4.15.